The van der Waals surface area contributed by atoms with Crippen LogP contribution in [-0.2, 0) is 4.79 Å². The predicted octanol–water partition coefficient (Wildman–Crippen LogP) is 2.04. The molecule has 0 spiro atoms. The molecule has 1 saturated heterocycles. The molecule has 0 saturated carbocycles. The Balaban J connectivity index is 0.000001000. The molecule has 66 valence electrons. The summed E-state index contributed by atoms with van der Waals surface area (Å²) >= 11 is 0. The molecule has 0 aliphatic carbocycles. The zero-order valence-electron chi connectivity index (χ0n) is 6.60. The van der Waals surface area contributed by atoms with Gasteiger partial charge in [0.25, 0.3) is 0 Å². The standard InChI is InChI=1S/C8H15NO.CH4/c1-2-9-7-5-3-4-6-8(9)10;/h2-7H2,1H3;1H4. The molecule has 1 heterocycles. The molecule has 0 bridgehead atoms. The number of rotatable bonds is 1. The fraction of sp³-hybridized carbons (Fsp3) is 0.889. The van der Waals surface area contributed by atoms with Gasteiger partial charge in [-0.15, -0.1) is 0 Å². The van der Waals surface area contributed by atoms with E-state index in [1.165, 1.54) is 12.8 Å². The minimum atomic E-state index is 0. The zero-order valence-corrected chi connectivity index (χ0v) is 6.60. The summed E-state index contributed by atoms with van der Waals surface area (Å²) in [5.41, 5.74) is 0. The number of carbonyl (C=O) groups is 1. The van der Waals surface area contributed by atoms with E-state index < -0.39 is 0 Å². The molecule has 1 fully saturated rings. The molecule has 1 aliphatic heterocycles. The van der Waals surface area contributed by atoms with Gasteiger partial charge in [0.1, 0.15) is 0 Å². The van der Waals surface area contributed by atoms with Crippen LogP contribution >= 0.6 is 0 Å². The van der Waals surface area contributed by atoms with E-state index in [0.717, 1.165) is 25.9 Å². The van der Waals surface area contributed by atoms with Crippen LogP contribution < -0.4 is 0 Å². The van der Waals surface area contributed by atoms with E-state index >= 15 is 0 Å². The minimum Gasteiger partial charge on any atom is -0.343 e. The van der Waals surface area contributed by atoms with E-state index in [0.29, 0.717) is 5.91 Å². The van der Waals surface area contributed by atoms with Crippen LogP contribution in [0.15, 0.2) is 0 Å². The van der Waals surface area contributed by atoms with Crippen molar-refractivity contribution in [3.8, 4) is 0 Å². The van der Waals surface area contributed by atoms with E-state index in [-0.39, 0.29) is 7.43 Å². The number of likely N-dealkylation sites (tertiary alicyclic amines) is 1. The van der Waals surface area contributed by atoms with Crippen LogP contribution in [0.2, 0.25) is 0 Å². The van der Waals surface area contributed by atoms with Crippen molar-refractivity contribution in [2.24, 2.45) is 0 Å². The number of hydrogen-bond acceptors (Lipinski definition) is 1. The minimum absolute atomic E-state index is 0. The highest BCUT2D eigenvalue weighted by molar-refractivity contribution is 5.76. The van der Waals surface area contributed by atoms with Gasteiger partial charge in [-0.2, -0.15) is 0 Å². The summed E-state index contributed by atoms with van der Waals surface area (Å²) in [6, 6.07) is 0. The van der Waals surface area contributed by atoms with Crippen molar-refractivity contribution in [1.82, 2.24) is 4.90 Å². The first-order chi connectivity index (χ1) is 4.84. The Hall–Kier alpha value is -0.530. The van der Waals surface area contributed by atoms with Crippen molar-refractivity contribution in [3.63, 3.8) is 0 Å². The number of amides is 1. The number of nitrogens with zero attached hydrogens (tertiary/aromatic N) is 1. The fourth-order valence-corrected chi connectivity index (χ4v) is 1.37. The van der Waals surface area contributed by atoms with Crippen LogP contribution in [-0.4, -0.2) is 23.9 Å². The van der Waals surface area contributed by atoms with Crippen LogP contribution in [0.1, 0.15) is 40.0 Å². The Kier molecular flexibility index (Phi) is 4.92. The van der Waals surface area contributed by atoms with E-state index in [1.54, 1.807) is 0 Å². The Bertz CT molecular complexity index is 123. The van der Waals surface area contributed by atoms with Crippen molar-refractivity contribution in [2.75, 3.05) is 13.1 Å². The molecule has 1 amide bonds. The second kappa shape index (κ2) is 5.16. The van der Waals surface area contributed by atoms with Crippen LogP contribution in [0.5, 0.6) is 0 Å². The topological polar surface area (TPSA) is 20.3 Å². The summed E-state index contributed by atoms with van der Waals surface area (Å²) in [5, 5.41) is 0. The molecular weight excluding hydrogens is 138 g/mol. The van der Waals surface area contributed by atoms with Crippen molar-refractivity contribution in [2.45, 2.75) is 40.0 Å². The van der Waals surface area contributed by atoms with Gasteiger partial charge in [0.05, 0.1) is 0 Å². The second-order valence-electron chi connectivity index (χ2n) is 2.78. The molecule has 0 aromatic rings. The highest BCUT2D eigenvalue weighted by atomic mass is 16.2. The summed E-state index contributed by atoms with van der Waals surface area (Å²) in [5.74, 6) is 0.347. The van der Waals surface area contributed by atoms with Crippen LogP contribution in [0.25, 0.3) is 0 Å². The highest BCUT2D eigenvalue weighted by Crippen LogP contribution is 2.09. The van der Waals surface area contributed by atoms with Crippen LogP contribution in [0.4, 0.5) is 0 Å². The van der Waals surface area contributed by atoms with Crippen molar-refractivity contribution < 1.29 is 4.79 Å². The normalized spacial score (nSPS) is 19.0. The quantitative estimate of drug-likeness (QED) is 0.570. The summed E-state index contributed by atoms with van der Waals surface area (Å²) in [6.45, 7) is 3.91. The van der Waals surface area contributed by atoms with Crippen molar-refractivity contribution >= 4 is 5.91 Å². The molecule has 0 aromatic carbocycles. The van der Waals surface area contributed by atoms with E-state index in [9.17, 15) is 4.79 Å². The number of hydrogen-bond donors (Lipinski definition) is 0. The Morgan fingerprint density at radius 3 is 2.73 bits per heavy atom. The third-order valence-electron chi connectivity index (χ3n) is 2.05. The summed E-state index contributed by atoms with van der Waals surface area (Å²) in [6.07, 6.45) is 4.28. The lowest BCUT2D eigenvalue weighted by molar-refractivity contribution is -0.130. The Morgan fingerprint density at radius 2 is 2.09 bits per heavy atom. The lowest BCUT2D eigenvalue weighted by atomic mass is 10.2. The molecule has 0 aromatic heterocycles. The average molecular weight is 157 g/mol. The maximum absolute atomic E-state index is 11.2. The summed E-state index contributed by atoms with van der Waals surface area (Å²) in [7, 11) is 0. The predicted molar refractivity (Wildman–Crippen MR) is 47.5 cm³/mol. The molecule has 2 nitrogen and oxygen atoms in total. The smallest absolute Gasteiger partial charge is 0.222 e. The molecular formula is C9H19NO. The first-order valence-corrected chi connectivity index (χ1v) is 4.12. The molecule has 2 heteroatoms. The van der Waals surface area contributed by atoms with Crippen LogP contribution in [0, 0.1) is 0 Å². The van der Waals surface area contributed by atoms with Gasteiger partial charge in [-0.3, -0.25) is 4.79 Å². The van der Waals surface area contributed by atoms with Gasteiger partial charge in [-0.25, -0.2) is 0 Å². The van der Waals surface area contributed by atoms with Gasteiger partial charge in [0.15, 0.2) is 0 Å². The Labute approximate surface area is 69.6 Å². The van der Waals surface area contributed by atoms with E-state index in [4.69, 9.17) is 0 Å². The molecule has 11 heavy (non-hydrogen) atoms. The summed E-state index contributed by atoms with van der Waals surface area (Å²) < 4.78 is 0. The van der Waals surface area contributed by atoms with Crippen molar-refractivity contribution in [1.29, 1.82) is 0 Å². The molecule has 0 radical (unpaired) electrons. The van der Waals surface area contributed by atoms with E-state index in [1.807, 2.05) is 11.8 Å². The lowest BCUT2D eigenvalue weighted by Gasteiger charge is -2.17. The Morgan fingerprint density at radius 1 is 1.36 bits per heavy atom. The third-order valence-corrected chi connectivity index (χ3v) is 2.05. The monoisotopic (exact) mass is 157 g/mol. The molecule has 0 N–H and O–H groups in total. The van der Waals surface area contributed by atoms with Gasteiger partial charge in [-0.1, -0.05) is 13.8 Å². The van der Waals surface area contributed by atoms with Gasteiger partial charge >= 0.3 is 0 Å². The van der Waals surface area contributed by atoms with Gasteiger partial charge in [0, 0.05) is 19.5 Å². The maximum Gasteiger partial charge on any atom is 0.222 e. The second-order valence-corrected chi connectivity index (χ2v) is 2.78. The molecule has 0 atom stereocenters. The van der Waals surface area contributed by atoms with Crippen LogP contribution in [0.3, 0.4) is 0 Å². The zero-order chi connectivity index (χ0) is 7.40. The van der Waals surface area contributed by atoms with Crippen molar-refractivity contribution in [3.05, 3.63) is 0 Å². The first kappa shape index (κ1) is 10.5. The first-order valence-electron chi connectivity index (χ1n) is 4.12. The van der Waals surface area contributed by atoms with E-state index in [2.05, 4.69) is 0 Å². The maximum atomic E-state index is 11.2. The summed E-state index contributed by atoms with van der Waals surface area (Å²) in [4.78, 5) is 13.1. The average Bonchev–Trinajstić information content (AvgIpc) is 2.13. The molecule has 0 unspecified atom stereocenters. The molecule has 1 aliphatic rings. The fourth-order valence-electron chi connectivity index (χ4n) is 1.37. The van der Waals surface area contributed by atoms with Gasteiger partial charge in [-0.05, 0) is 19.8 Å². The largest absolute Gasteiger partial charge is 0.343 e. The lowest BCUT2D eigenvalue weighted by Crippen LogP contribution is -2.29. The molecule has 1 rings (SSSR count). The van der Waals surface area contributed by atoms with Gasteiger partial charge < -0.3 is 4.90 Å². The SMILES string of the molecule is C.CCN1CCCCCC1=O. The third kappa shape index (κ3) is 2.91. The number of carbonyl (C=O) groups excluding carboxylic acids is 1. The highest BCUT2D eigenvalue weighted by Gasteiger charge is 2.13. The van der Waals surface area contributed by atoms with Gasteiger partial charge in [0.2, 0.25) is 5.91 Å².